The summed E-state index contributed by atoms with van der Waals surface area (Å²) >= 11 is 0. The van der Waals surface area contributed by atoms with Gasteiger partial charge in [0.2, 0.25) is 0 Å². The Morgan fingerprint density at radius 3 is 2.38 bits per heavy atom. The van der Waals surface area contributed by atoms with Crippen LogP contribution in [0.3, 0.4) is 0 Å². The molecule has 0 aromatic carbocycles. The van der Waals surface area contributed by atoms with Crippen molar-refractivity contribution >= 4 is 0 Å². The Kier molecular flexibility index (Phi) is 3.48. The molecule has 0 aliphatic heterocycles. The highest BCUT2D eigenvalue weighted by atomic mass is 19.4. The summed E-state index contributed by atoms with van der Waals surface area (Å²) < 4.78 is 37.7. The highest BCUT2D eigenvalue weighted by Crippen LogP contribution is 2.43. The maximum atomic E-state index is 12.6. The second-order valence-corrected chi connectivity index (χ2v) is 5.41. The number of hydrogen-bond donors (Lipinski definition) is 1. The number of hydrogen-bond acceptors (Lipinski definition) is 1. The third kappa shape index (κ3) is 3.12. The standard InChI is InChI=1S/C12H19F3O/c13-12(14,15)10-3-1-2-9(7-10)11(16)6-8-4-5-8/h8-11,16H,1-7H2. The van der Waals surface area contributed by atoms with Crippen LogP contribution in [0.25, 0.3) is 0 Å². The van der Waals surface area contributed by atoms with E-state index in [0.717, 1.165) is 25.7 Å². The van der Waals surface area contributed by atoms with Crippen molar-refractivity contribution in [2.75, 3.05) is 0 Å². The number of aliphatic hydroxyl groups excluding tert-OH is 1. The molecule has 3 atom stereocenters. The molecule has 1 nitrogen and oxygen atoms in total. The molecule has 2 aliphatic carbocycles. The molecule has 0 aromatic heterocycles. The van der Waals surface area contributed by atoms with Crippen LogP contribution in [-0.4, -0.2) is 17.4 Å². The smallest absolute Gasteiger partial charge is 0.391 e. The van der Waals surface area contributed by atoms with Gasteiger partial charge in [0.15, 0.2) is 0 Å². The molecule has 0 amide bonds. The van der Waals surface area contributed by atoms with Gasteiger partial charge in [0.1, 0.15) is 0 Å². The first-order chi connectivity index (χ1) is 7.47. The summed E-state index contributed by atoms with van der Waals surface area (Å²) in [6.07, 6.45) is 0.189. The van der Waals surface area contributed by atoms with E-state index in [1.165, 1.54) is 0 Å². The van der Waals surface area contributed by atoms with Gasteiger partial charge in [0.05, 0.1) is 12.0 Å². The van der Waals surface area contributed by atoms with Crippen LogP contribution in [0.5, 0.6) is 0 Å². The molecule has 3 unspecified atom stereocenters. The van der Waals surface area contributed by atoms with Crippen molar-refractivity contribution in [3.8, 4) is 0 Å². The van der Waals surface area contributed by atoms with E-state index in [0.29, 0.717) is 12.3 Å². The Hall–Kier alpha value is -0.250. The van der Waals surface area contributed by atoms with E-state index in [4.69, 9.17) is 0 Å². The van der Waals surface area contributed by atoms with Crippen LogP contribution < -0.4 is 0 Å². The van der Waals surface area contributed by atoms with Crippen LogP contribution in [0.4, 0.5) is 13.2 Å². The lowest BCUT2D eigenvalue weighted by Crippen LogP contribution is -2.33. The van der Waals surface area contributed by atoms with Crippen molar-refractivity contribution in [3.63, 3.8) is 0 Å². The Morgan fingerprint density at radius 2 is 1.81 bits per heavy atom. The molecular weight excluding hydrogens is 217 g/mol. The minimum Gasteiger partial charge on any atom is -0.393 e. The van der Waals surface area contributed by atoms with Crippen LogP contribution in [0.1, 0.15) is 44.9 Å². The second kappa shape index (κ2) is 4.55. The molecule has 0 heterocycles. The molecule has 0 spiro atoms. The van der Waals surface area contributed by atoms with Crippen molar-refractivity contribution in [2.45, 2.75) is 57.2 Å². The molecule has 2 fully saturated rings. The van der Waals surface area contributed by atoms with Crippen LogP contribution in [0.2, 0.25) is 0 Å². The molecule has 0 radical (unpaired) electrons. The van der Waals surface area contributed by atoms with Crippen LogP contribution in [0, 0.1) is 17.8 Å². The predicted molar refractivity (Wildman–Crippen MR) is 54.9 cm³/mol. The third-order valence-corrected chi connectivity index (χ3v) is 3.99. The van der Waals surface area contributed by atoms with Crippen molar-refractivity contribution in [3.05, 3.63) is 0 Å². The summed E-state index contributed by atoms with van der Waals surface area (Å²) in [5.41, 5.74) is 0. The zero-order valence-electron chi connectivity index (χ0n) is 9.34. The predicted octanol–water partition coefficient (Wildman–Crippen LogP) is 3.52. The van der Waals surface area contributed by atoms with Crippen LogP contribution in [0.15, 0.2) is 0 Å². The van der Waals surface area contributed by atoms with E-state index in [1.54, 1.807) is 0 Å². The maximum Gasteiger partial charge on any atom is 0.391 e. The topological polar surface area (TPSA) is 20.2 Å². The fraction of sp³-hybridized carbons (Fsp3) is 1.00. The third-order valence-electron chi connectivity index (χ3n) is 3.99. The molecule has 2 rings (SSSR count). The van der Waals surface area contributed by atoms with Crippen LogP contribution in [-0.2, 0) is 0 Å². The minimum atomic E-state index is -4.07. The lowest BCUT2D eigenvalue weighted by molar-refractivity contribution is -0.188. The van der Waals surface area contributed by atoms with Gasteiger partial charge in [0.25, 0.3) is 0 Å². The first-order valence-corrected chi connectivity index (χ1v) is 6.21. The van der Waals surface area contributed by atoms with E-state index >= 15 is 0 Å². The Labute approximate surface area is 94.0 Å². The molecule has 0 bridgehead atoms. The van der Waals surface area contributed by atoms with E-state index < -0.39 is 18.2 Å². The zero-order valence-corrected chi connectivity index (χ0v) is 9.34. The highest BCUT2D eigenvalue weighted by Gasteiger charge is 2.43. The second-order valence-electron chi connectivity index (χ2n) is 5.41. The Bertz CT molecular complexity index is 235. The molecule has 94 valence electrons. The molecule has 0 saturated heterocycles. The highest BCUT2D eigenvalue weighted by molar-refractivity contribution is 4.85. The number of rotatable bonds is 3. The lowest BCUT2D eigenvalue weighted by Gasteiger charge is -2.33. The van der Waals surface area contributed by atoms with Gasteiger partial charge in [-0.3, -0.25) is 0 Å². The molecule has 1 N–H and O–H groups in total. The monoisotopic (exact) mass is 236 g/mol. The van der Waals surface area contributed by atoms with Gasteiger partial charge in [-0.1, -0.05) is 19.3 Å². The van der Waals surface area contributed by atoms with E-state index in [1.807, 2.05) is 0 Å². The molecule has 4 heteroatoms. The van der Waals surface area contributed by atoms with Gasteiger partial charge in [-0.25, -0.2) is 0 Å². The maximum absolute atomic E-state index is 12.6. The largest absolute Gasteiger partial charge is 0.393 e. The molecule has 2 aliphatic rings. The zero-order chi connectivity index (χ0) is 11.8. The summed E-state index contributed by atoms with van der Waals surface area (Å²) in [7, 11) is 0. The number of alkyl halides is 3. The van der Waals surface area contributed by atoms with Crippen molar-refractivity contribution in [1.82, 2.24) is 0 Å². The van der Waals surface area contributed by atoms with Gasteiger partial charge >= 0.3 is 6.18 Å². The fourth-order valence-electron chi connectivity index (χ4n) is 2.76. The van der Waals surface area contributed by atoms with E-state index in [-0.39, 0.29) is 18.8 Å². The Morgan fingerprint density at radius 1 is 1.12 bits per heavy atom. The van der Waals surface area contributed by atoms with Gasteiger partial charge in [-0.05, 0) is 37.5 Å². The summed E-state index contributed by atoms with van der Waals surface area (Å²) in [6, 6.07) is 0. The molecule has 16 heavy (non-hydrogen) atoms. The molecule has 0 aromatic rings. The average molecular weight is 236 g/mol. The number of aliphatic hydroxyl groups is 1. The minimum absolute atomic E-state index is 0.124. The number of halogens is 3. The summed E-state index contributed by atoms with van der Waals surface area (Å²) in [4.78, 5) is 0. The summed E-state index contributed by atoms with van der Waals surface area (Å²) in [5, 5.41) is 9.90. The van der Waals surface area contributed by atoms with Crippen molar-refractivity contribution in [1.29, 1.82) is 0 Å². The van der Waals surface area contributed by atoms with E-state index in [2.05, 4.69) is 0 Å². The summed E-state index contributed by atoms with van der Waals surface area (Å²) in [5.74, 6) is -0.720. The normalized spacial score (nSPS) is 33.8. The Balaban J connectivity index is 1.85. The SMILES string of the molecule is OC(CC1CC1)C1CCCC(C(F)(F)F)C1. The first-order valence-electron chi connectivity index (χ1n) is 6.21. The van der Waals surface area contributed by atoms with Gasteiger partial charge in [0, 0.05) is 0 Å². The van der Waals surface area contributed by atoms with Gasteiger partial charge in [-0.2, -0.15) is 13.2 Å². The van der Waals surface area contributed by atoms with Crippen molar-refractivity contribution in [2.24, 2.45) is 17.8 Å². The van der Waals surface area contributed by atoms with Crippen LogP contribution >= 0.6 is 0 Å². The fourth-order valence-corrected chi connectivity index (χ4v) is 2.76. The van der Waals surface area contributed by atoms with Crippen molar-refractivity contribution < 1.29 is 18.3 Å². The molecule has 2 saturated carbocycles. The first kappa shape index (κ1) is 12.2. The quantitative estimate of drug-likeness (QED) is 0.795. The van der Waals surface area contributed by atoms with E-state index in [9.17, 15) is 18.3 Å². The summed E-state index contributed by atoms with van der Waals surface area (Å²) in [6.45, 7) is 0. The average Bonchev–Trinajstić information content (AvgIpc) is 3.00. The molecular formula is C12H19F3O. The van der Waals surface area contributed by atoms with Gasteiger partial charge in [-0.15, -0.1) is 0 Å². The lowest BCUT2D eigenvalue weighted by atomic mass is 9.77. The van der Waals surface area contributed by atoms with Gasteiger partial charge < -0.3 is 5.11 Å².